The van der Waals surface area contributed by atoms with Crippen LogP contribution < -0.4 is 14.2 Å². The summed E-state index contributed by atoms with van der Waals surface area (Å²) in [6.07, 6.45) is 0.707. The number of rotatable bonds is 12. The molecule has 3 saturated heterocycles. The van der Waals surface area contributed by atoms with Gasteiger partial charge in [0.15, 0.2) is 0 Å². The minimum absolute atomic E-state index is 0. The Morgan fingerprint density at radius 2 is 1.55 bits per heavy atom. The van der Waals surface area contributed by atoms with Gasteiger partial charge in [-0.05, 0) is 38.3 Å². The molecule has 3 aliphatic heterocycles. The van der Waals surface area contributed by atoms with E-state index in [1.165, 1.54) is 11.1 Å². The Morgan fingerprint density at radius 1 is 0.918 bits per heavy atom. The number of piperazine rings is 2. The van der Waals surface area contributed by atoms with Gasteiger partial charge in [0.2, 0.25) is 17.7 Å². The number of nitrogens with zero attached hydrogens (tertiary/aromatic N) is 5. The van der Waals surface area contributed by atoms with Gasteiger partial charge >= 0.3 is 6.01 Å². The molecule has 4 heterocycles. The quantitative estimate of drug-likeness (QED) is 0.242. The van der Waals surface area contributed by atoms with E-state index < -0.39 is 0 Å². The van der Waals surface area contributed by atoms with Gasteiger partial charge in [0.05, 0.1) is 44.0 Å². The highest BCUT2D eigenvalue weighted by atomic mass is 35.5. The van der Waals surface area contributed by atoms with Crippen molar-refractivity contribution in [2.75, 3.05) is 59.7 Å². The fraction of sp³-hybridized carbons (Fsp3) is 0.541. The lowest BCUT2D eigenvalue weighted by Gasteiger charge is -2.55. The lowest BCUT2D eigenvalue weighted by Crippen LogP contribution is -2.69. The molecule has 3 aliphatic rings. The maximum absolute atomic E-state index is 13.9. The first kappa shape index (κ1) is 38.6. The second-order valence-corrected chi connectivity index (χ2v) is 13.2. The van der Waals surface area contributed by atoms with E-state index in [2.05, 4.69) is 92.3 Å². The molecule has 49 heavy (non-hydrogen) atoms. The van der Waals surface area contributed by atoms with E-state index in [0.717, 1.165) is 38.2 Å². The zero-order valence-electron chi connectivity index (χ0n) is 29.2. The summed E-state index contributed by atoms with van der Waals surface area (Å²) in [4.78, 5) is 30.4. The molecule has 3 aromatic rings. The minimum atomic E-state index is -0.386. The third-order valence-electron chi connectivity index (χ3n) is 9.85. The molecule has 0 unspecified atom stereocenters. The van der Waals surface area contributed by atoms with E-state index in [0.29, 0.717) is 44.7 Å². The number of fused-ring (bicyclic) bond motifs is 1. The van der Waals surface area contributed by atoms with Crippen LogP contribution in [-0.4, -0.2) is 108 Å². The van der Waals surface area contributed by atoms with E-state index >= 15 is 0 Å². The van der Waals surface area contributed by atoms with Crippen molar-refractivity contribution in [3.63, 3.8) is 0 Å². The monoisotopic (exact) mass is 715 g/mol. The van der Waals surface area contributed by atoms with E-state index in [-0.39, 0.29) is 66.3 Å². The predicted octanol–water partition coefficient (Wildman–Crippen LogP) is 5.47. The molecule has 2 atom stereocenters. The molecular formula is C37H51Cl2N5O5. The average Bonchev–Trinajstić information content (AvgIpc) is 3.06. The summed E-state index contributed by atoms with van der Waals surface area (Å²) in [6.45, 7) is 13.8. The number of amides is 1. The summed E-state index contributed by atoms with van der Waals surface area (Å²) < 4.78 is 23.3. The second kappa shape index (κ2) is 17.2. The van der Waals surface area contributed by atoms with Crippen LogP contribution in [0.5, 0.6) is 17.8 Å². The summed E-state index contributed by atoms with van der Waals surface area (Å²) in [6, 6.07) is 22.2. The summed E-state index contributed by atoms with van der Waals surface area (Å²) in [5.74, 6) is 1.30. The highest BCUT2D eigenvalue weighted by molar-refractivity contribution is 5.85. The van der Waals surface area contributed by atoms with Gasteiger partial charge in [-0.25, -0.2) is 0 Å². The first-order valence-corrected chi connectivity index (χ1v) is 17.0. The molecule has 268 valence electrons. The van der Waals surface area contributed by atoms with Gasteiger partial charge in [-0.3, -0.25) is 14.6 Å². The largest absolute Gasteiger partial charge is 0.481 e. The van der Waals surface area contributed by atoms with Gasteiger partial charge in [-0.1, -0.05) is 67.6 Å². The smallest absolute Gasteiger partial charge is 0.323 e. The van der Waals surface area contributed by atoms with Gasteiger partial charge < -0.3 is 23.8 Å². The van der Waals surface area contributed by atoms with Crippen LogP contribution in [-0.2, 0) is 16.1 Å². The van der Waals surface area contributed by atoms with Crippen molar-refractivity contribution in [3.05, 3.63) is 77.4 Å². The van der Waals surface area contributed by atoms with Crippen LogP contribution in [0.4, 0.5) is 0 Å². The maximum Gasteiger partial charge on any atom is 0.323 e. The number of benzene rings is 2. The molecule has 0 N–H and O–H groups in total. The normalized spacial score (nSPS) is 20.4. The molecule has 10 nitrogen and oxygen atoms in total. The summed E-state index contributed by atoms with van der Waals surface area (Å²) in [5.41, 5.74) is 2.98. The second-order valence-electron chi connectivity index (χ2n) is 13.2. The topological polar surface area (TPSA) is 89.5 Å². The molecular weight excluding hydrogens is 665 g/mol. The number of methoxy groups -OCH3 is 1. The van der Waals surface area contributed by atoms with Crippen LogP contribution in [0.15, 0.2) is 60.7 Å². The summed E-state index contributed by atoms with van der Waals surface area (Å²) >= 11 is 0. The van der Waals surface area contributed by atoms with Crippen molar-refractivity contribution in [2.24, 2.45) is 5.41 Å². The lowest BCUT2D eigenvalue weighted by molar-refractivity contribution is -0.177. The third-order valence-corrected chi connectivity index (χ3v) is 9.85. The van der Waals surface area contributed by atoms with Crippen molar-refractivity contribution >= 4 is 30.7 Å². The molecule has 0 radical (unpaired) electrons. The molecule has 2 aromatic carbocycles. The first-order chi connectivity index (χ1) is 22.9. The molecule has 1 aromatic heterocycles. The predicted molar refractivity (Wildman–Crippen MR) is 194 cm³/mol. The van der Waals surface area contributed by atoms with Crippen molar-refractivity contribution < 1.29 is 23.7 Å². The number of carbonyl (C=O) groups excluding carboxylic acids is 1. The Kier molecular flexibility index (Phi) is 13.6. The molecule has 0 saturated carbocycles. The third kappa shape index (κ3) is 8.26. The Balaban J connectivity index is 0.00000270. The highest BCUT2D eigenvalue weighted by Gasteiger charge is 2.49. The van der Waals surface area contributed by atoms with E-state index in [1.807, 2.05) is 20.8 Å². The van der Waals surface area contributed by atoms with Gasteiger partial charge in [-0.15, -0.1) is 24.8 Å². The van der Waals surface area contributed by atoms with Gasteiger partial charge in [0.1, 0.15) is 0 Å². The van der Waals surface area contributed by atoms with Crippen LogP contribution in [0.2, 0.25) is 0 Å². The van der Waals surface area contributed by atoms with Crippen LogP contribution >= 0.6 is 24.8 Å². The van der Waals surface area contributed by atoms with Gasteiger partial charge in [0.25, 0.3) is 0 Å². The fourth-order valence-corrected chi connectivity index (χ4v) is 7.41. The van der Waals surface area contributed by atoms with Crippen LogP contribution in [0.25, 0.3) is 0 Å². The zero-order chi connectivity index (χ0) is 33.0. The molecule has 6 rings (SSSR count). The molecule has 1 amide bonds. The minimum Gasteiger partial charge on any atom is -0.481 e. The van der Waals surface area contributed by atoms with Crippen molar-refractivity contribution in [3.8, 4) is 17.8 Å². The number of halogens is 2. The van der Waals surface area contributed by atoms with Crippen LogP contribution in [0.1, 0.15) is 56.7 Å². The SMILES string of the molecule is CCOc1nc(OC)c(CN2C[C@@H]3CN(C(=O)C4(CC)COC4)CCN3[C@H](C(c3ccccc3)c3ccccc3)C2)c(OC(C)C)n1.Cl.Cl. The molecule has 0 aliphatic carbocycles. The standard InChI is InChI=1S/C37H49N5O5.2ClH/c1-6-37(24-45-25-37)35(43)41-18-19-42-29(21-41)20-40(22-30-33(44-5)38-36(46-7-2)39-34(30)47-26(3)4)23-31(42)32(27-14-10-8-11-15-27)28-16-12-9-13-17-28;;/h8-17,26,29,31-32H,6-7,18-25H2,1-5H3;2*1H/t29-,31+;;/m1../s1. The van der Waals surface area contributed by atoms with Crippen LogP contribution in [0.3, 0.4) is 0 Å². The molecule has 0 bridgehead atoms. The van der Waals surface area contributed by atoms with Crippen molar-refractivity contribution in [1.82, 2.24) is 24.7 Å². The van der Waals surface area contributed by atoms with Crippen LogP contribution in [0, 0.1) is 5.41 Å². The van der Waals surface area contributed by atoms with Gasteiger partial charge in [-0.2, -0.15) is 9.97 Å². The van der Waals surface area contributed by atoms with Gasteiger partial charge in [0, 0.05) is 57.3 Å². The Bertz CT molecular complexity index is 1450. The average molecular weight is 717 g/mol. The number of ether oxygens (including phenoxy) is 4. The maximum atomic E-state index is 13.9. The van der Waals surface area contributed by atoms with E-state index in [4.69, 9.17) is 18.9 Å². The van der Waals surface area contributed by atoms with Crippen molar-refractivity contribution in [2.45, 2.75) is 64.8 Å². The fourth-order valence-electron chi connectivity index (χ4n) is 7.41. The Morgan fingerprint density at radius 3 is 2.08 bits per heavy atom. The zero-order valence-corrected chi connectivity index (χ0v) is 30.9. The number of hydrogen-bond donors (Lipinski definition) is 0. The molecule has 3 fully saturated rings. The van der Waals surface area contributed by atoms with E-state index in [9.17, 15) is 4.79 Å². The Labute approximate surface area is 303 Å². The summed E-state index contributed by atoms with van der Waals surface area (Å²) in [5, 5.41) is 0. The van der Waals surface area contributed by atoms with E-state index in [1.54, 1.807) is 7.11 Å². The summed E-state index contributed by atoms with van der Waals surface area (Å²) in [7, 11) is 1.63. The Hall–Kier alpha value is -3.15. The molecule has 12 heteroatoms. The number of aromatic nitrogens is 2. The number of carbonyl (C=O) groups is 1. The lowest BCUT2D eigenvalue weighted by atomic mass is 9.80. The van der Waals surface area contributed by atoms with Crippen molar-refractivity contribution in [1.29, 1.82) is 0 Å². The molecule has 0 spiro atoms. The highest BCUT2D eigenvalue weighted by Crippen LogP contribution is 2.39. The first-order valence-electron chi connectivity index (χ1n) is 17.0. The number of hydrogen-bond acceptors (Lipinski definition) is 9.